The lowest BCUT2D eigenvalue weighted by Crippen LogP contribution is -2.26. The Labute approximate surface area is 144 Å². The molecule has 0 radical (unpaired) electrons. The van der Waals surface area contributed by atoms with Crippen LogP contribution in [0, 0.1) is 5.92 Å². The van der Waals surface area contributed by atoms with Gasteiger partial charge < -0.3 is 15.5 Å². The van der Waals surface area contributed by atoms with Gasteiger partial charge in [-0.1, -0.05) is 12.1 Å². The van der Waals surface area contributed by atoms with Gasteiger partial charge in [-0.25, -0.2) is 0 Å². The van der Waals surface area contributed by atoms with Crippen molar-refractivity contribution in [3.63, 3.8) is 0 Å². The molecule has 0 aliphatic carbocycles. The number of nitrogens with zero attached hydrogens (tertiary/aromatic N) is 1. The molecule has 128 valence electrons. The molecule has 1 fully saturated rings. The monoisotopic (exact) mass is 339 g/mol. The summed E-state index contributed by atoms with van der Waals surface area (Å²) >= 11 is 0. The summed E-state index contributed by atoms with van der Waals surface area (Å²) in [4.78, 5) is 25.4. The summed E-state index contributed by atoms with van der Waals surface area (Å²) in [5, 5.41) is 5.92. The van der Waals surface area contributed by atoms with Gasteiger partial charge in [-0.3, -0.25) is 9.59 Å². The summed E-state index contributed by atoms with van der Waals surface area (Å²) in [5.74, 6) is 0.729. The smallest absolute Gasteiger partial charge is 0.251 e. The third-order valence-corrected chi connectivity index (χ3v) is 4.22. The van der Waals surface area contributed by atoms with Gasteiger partial charge in [-0.05, 0) is 49.5 Å². The molecule has 5 nitrogen and oxygen atoms in total. The molecular formula is C17H26ClN3O2. The molecule has 1 atom stereocenters. The van der Waals surface area contributed by atoms with E-state index in [1.165, 1.54) is 6.42 Å². The molecule has 2 rings (SSSR count). The van der Waals surface area contributed by atoms with E-state index >= 15 is 0 Å². The minimum atomic E-state index is -0.0962. The Balaban J connectivity index is 0.00000264. The molecule has 0 saturated carbocycles. The summed E-state index contributed by atoms with van der Waals surface area (Å²) in [7, 11) is 3.45. The van der Waals surface area contributed by atoms with E-state index in [0.717, 1.165) is 25.1 Å². The van der Waals surface area contributed by atoms with Crippen LogP contribution >= 0.6 is 12.4 Å². The molecular weight excluding hydrogens is 314 g/mol. The second-order valence-corrected chi connectivity index (χ2v) is 5.92. The van der Waals surface area contributed by atoms with E-state index in [1.807, 2.05) is 19.2 Å². The summed E-state index contributed by atoms with van der Waals surface area (Å²) in [6, 6.07) is 7.37. The highest BCUT2D eigenvalue weighted by Crippen LogP contribution is 2.15. The van der Waals surface area contributed by atoms with Crippen LogP contribution in [-0.4, -0.2) is 43.9 Å². The highest BCUT2D eigenvalue weighted by Gasteiger charge is 2.17. The van der Waals surface area contributed by atoms with Gasteiger partial charge in [-0.15, -0.1) is 12.4 Å². The maximum atomic E-state index is 12.2. The Morgan fingerprint density at radius 1 is 1.30 bits per heavy atom. The van der Waals surface area contributed by atoms with Gasteiger partial charge in [0, 0.05) is 32.6 Å². The second kappa shape index (κ2) is 9.53. The van der Waals surface area contributed by atoms with E-state index in [2.05, 4.69) is 10.6 Å². The third kappa shape index (κ3) is 5.84. The summed E-state index contributed by atoms with van der Waals surface area (Å²) in [5.41, 5.74) is 1.67. The predicted octanol–water partition coefficient (Wildman–Crippen LogP) is 1.82. The number of nitrogens with one attached hydrogen (secondary N) is 2. The normalized spacial score (nSPS) is 16.5. The number of rotatable bonds is 6. The van der Waals surface area contributed by atoms with E-state index in [0.29, 0.717) is 24.4 Å². The van der Waals surface area contributed by atoms with Crippen LogP contribution in [0.5, 0.6) is 0 Å². The van der Waals surface area contributed by atoms with E-state index in [9.17, 15) is 9.59 Å². The summed E-state index contributed by atoms with van der Waals surface area (Å²) in [6.45, 7) is 2.69. The standard InChI is InChI=1S/C17H25N3O2.ClH/c1-18-17(22)15-6-3-14(4-7-15)12-20(2)16(21)8-5-13-9-10-19-11-13;/h3-4,6-7,13,19H,5,8-12H2,1-2H3,(H,18,22);1H. The first-order chi connectivity index (χ1) is 10.6. The number of benzene rings is 1. The van der Waals surface area contributed by atoms with Gasteiger partial charge in [0.25, 0.3) is 5.91 Å². The number of hydrogen-bond acceptors (Lipinski definition) is 3. The lowest BCUT2D eigenvalue weighted by Gasteiger charge is -2.18. The molecule has 0 bridgehead atoms. The minimum Gasteiger partial charge on any atom is -0.355 e. The largest absolute Gasteiger partial charge is 0.355 e. The fourth-order valence-corrected chi connectivity index (χ4v) is 2.75. The van der Waals surface area contributed by atoms with Crippen molar-refractivity contribution in [1.82, 2.24) is 15.5 Å². The van der Waals surface area contributed by atoms with Crippen LogP contribution in [0.4, 0.5) is 0 Å². The SMILES string of the molecule is CNC(=O)c1ccc(CN(C)C(=O)CCC2CCNC2)cc1.Cl. The van der Waals surface area contributed by atoms with Crippen molar-refractivity contribution in [3.05, 3.63) is 35.4 Å². The first kappa shape index (κ1) is 19.5. The first-order valence-electron chi connectivity index (χ1n) is 7.86. The number of carbonyl (C=O) groups excluding carboxylic acids is 2. The molecule has 1 aromatic rings. The van der Waals surface area contributed by atoms with E-state index in [-0.39, 0.29) is 24.2 Å². The van der Waals surface area contributed by atoms with Gasteiger partial charge in [0.1, 0.15) is 0 Å². The van der Waals surface area contributed by atoms with Crippen molar-refractivity contribution < 1.29 is 9.59 Å². The van der Waals surface area contributed by atoms with E-state index in [1.54, 1.807) is 24.1 Å². The Hall–Kier alpha value is -1.59. The molecule has 1 aliphatic rings. The second-order valence-electron chi connectivity index (χ2n) is 5.92. The molecule has 6 heteroatoms. The van der Waals surface area contributed by atoms with Crippen LogP contribution in [-0.2, 0) is 11.3 Å². The number of halogens is 1. The molecule has 1 heterocycles. The van der Waals surface area contributed by atoms with Crippen LogP contribution < -0.4 is 10.6 Å². The molecule has 1 unspecified atom stereocenters. The molecule has 0 aromatic heterocycles. The van der Waals surface area contributed by atoms with Crippen molar-refractivity contribution >= 4 is 24.2 Å². The molecule has 23 heavy (non-hydrogen) atoms. The fraction of sp³-hybridized carbons (Fsp3) is 0.529. The van der Waals surface area contributed by atoms with E-state index < -0.39 is 0 Å². The van der Waals surface area contributed by atoms with Crippen LogP contribution in [0.2, 0.25) is 0 Å². The average Bonchev–Trinajstić information content (AvgIpc) is 3.06. The Kier molecular flexibility index (Phi) is 8.06. The molecule has 2 N–H and O–H groups in total. The summed E-state index contributed by atoms with van der Waals surface area (Å²) < 4.78 is 0. The molecule has 0 spiro atoms. The lowest BCUT2D eigenvalue weighted by molar-refractivity contribution is -0.130. The highest BCUT2D eigenvalue weighted by atomic mass is 35.5. The molecule has 1 aromatic carbocycles. The molecule has 1 aliphatic heterocycles. The van der Waals surface area contributed by atoms with Crippen LogP contribution in [0.15, 0.2) is 24.3 Å². The minimum absolute atomic E-state index is 0. The zero-order chi connectivity index (χ0) is 15.9. The number of carbonyl (C=O) groups is 2. The third-order valence-electron chi connectivity index (χ3n) is 4.22. The van der Waals surface area contributed by atoms with Crippen LogP contribution in [0.1, 0.15) is 35.2 Å². The van der Waals surface area contributed by atoms with Gasteiger partial charge in [0.05, 0.1) is 0 Å². The van der Waals surface area contributed by atoms with Crippen molar-refractivity contribution in [2.75, 3.05) is 27.2 Å². The quantitative estimate of drug-likeness (QED) is 0.831. The Bertz CT molecular complexity index is 513. The van der Waals surface area contributed by atoms with Crippen LogP contribution in [0.25, 0.3) is 0 Å². The van der Waals surface area contributed by atoms with Gasteiger partial charge in [0.15, 0.2) is 0 Å². The fourth-order valence-electron chi connectivity index (χ4n) is 2.75. The maximum absolute atomic E-state index is 12.2. The number of amides is 2. The maximum Gasteiger partial charge on any atom is 0.251 e. The van der Waals surface area contributed by atoms with Gasteiger partial charge in [-0.2, -0.15) is 0 Å². The average molecular weight is 340 g/mol. The zero-order valence-corrected chi connectivity index (χ0v) is 14.6. The topological polar surface area (TPSA) is 61.4 Å². The van der Waals surface area contributed by atoms with E-state index in [4.69, 9.17) is 0 Å². The van der Waals surface area contributed by atoms with Crippen LogP contribution in [0.3, 0.4) is 0 Å². The summed E-state index contributed by atoms with van der Waals surface area (Å²) in [6.07, 6.45) is 2.75. The zero-order valence-electron chi connectivity index (χ0n) is 13.8. The molecule has 2 amide bonds. The Morgan fingerprint density at radius 2 is 2.00 bits per heavy atom. The van der Waals surface area contributed by atoms with Crippen molar-refractivity contribution in [2.24, 2.45) is 5.92 Å². The lowest BCUT2D eigenvalue weighted by atomic mass is 10.0. The van der Waals surface area contributed by atoms with Crippen molar-refractivity contribution in [2.45, 2.75) is 25.8 Å². The van der Waals surface area contributed by atoms with Gasteiger partial charge >= 0.3 is 0 Å². The Morgan fingerprint density at radius 3 is 2.57 bits per heavy atom. The predicted molar refractivity (Wildman–Crippen MR) is 93.8 cm³/mol. The highest BCUT2D eigenvalue weighted by molar-refractivity contribution is 5.93. The van der Waals surface area contributed by atoms with Gasteiger partial charge in [0.2, 0.25) is 5.91 Å². The molecule has 1 saturated heterocycles. The van der Waals surface area contributed by atoms with Crippen molar-refractivity contribution in [1.29, 1.82) is 0 Å². The van der Waals surface area contributed by atoms with Crippen molar-refractivity contribution in [3.8, 4) is 0 Å². The first-order valence-corrected chi connectivity index (χ1v) is 7.86. The number of hydrogen-bond donors (Lipinski definition) is 2.